The van der Waals surface area contributed by atoms with Crippen LogP contribution in [0.15, 0.2) is 65.7 Å². The van der Waals surface area contributed by atoms with Gasteiger partial charge >= 0.3 is 0 Å². The topological polar surface area (TPSA) is 83.2 Å². The minimum atomic E-state index is -0.853. The number of ether oxygens (including phenoxy) is 1. The molecule has 2 aliphatic heterocycles. The maximum Gasteiger partial charge on any atom is 0.202 e. The quantitative estimate of drug-likeness (QED) is 0.555. The Hall–Kier alpha value is -3.98. The number of imidazole rings is 1. The smallest absolute Gasteiger partial charge is 0.202 e. The summed E-state index contributed by atoms with van der Waals surface area (Å²) in [6.45, 7) is 2.23. The van der Waals surface area contributed by atoms with Gasteiger partial charge in [-0.05, 0) is 54.8 Å². The highest BCUT2D eigenvalue weighted by atomic mass is 19.1. The van der Waals surface area contributed by atoms with Crippen LogP contribution in [0.2, 0.25) is 0 Å². The summed E-state index contributed by atoms with van der Waals surface area (Å²) in [5.74, 6) is 0.799. The molecule has 1 saturated heterocycles. The van der Waals surface area contributed by atoms with Crippen LogP contribution in [0.1, 0.15) is 23.2 Å². The molecular weight excluding hydrogens is 461 g/mol. The molecule has 1 atom stereocenters. The van der Waals surface area contributed by atoms with Gasteiger partial charge in [0, 0.05) is 19.8 Å². The Morgan fingerprint density at radius 3 is 2.67 bits per heavy atom. The second kappa shape index (κ2) is 9.23. The minimum absolute atomic E-state index is 0.0521. The van der Waals surface area contributed by atoms with Crippen molar-refractivity contribution in [3.8, 4) is 11.4 Å². The summed E-state index contributed by atoms with van der Waals surface area (Å²) in [6.07, 6.45) is 5.98. The van der Waals surface area contributed by atoms with Crippen LogP contribution in [0.5, 0.6) is 5.75 Å². The van der Waals surface area contributed by atoms with Gasteiger partial charge in [0.25, 0.3) is 0 Å². The number of halogens is 1. The summed E-state index contributed by atoms with van der Waals surface area (Å²) in [7, 11) is 3.41. The lowest BCUT2D eigenvalue weighted by Gasteiger charge is -2.51. The Morgan fingerprint density at radius 1 is 1.22 bits per heavy atom. The zero-order valence-corrected chi connectivity index (χ0v) is 20.5. The fourth-order valence-corrected chi connectivity index (χ4v) is 4.98. The number of rotatable bonds is 5. The number of nitrogens with zero attached hydrogens (tertiary/aromatic N) is 5. The standard InChI is InChI=1S/C27H28FN5O3/c1-18-14-32(17-30-18)22-9-4-19(13-25(22)36-3)12-23-24(35)15-33-26(31(23)2)29-11-10-27(33,16-34)20-5-7-21(28)8-6-20/h4-9,12-14,17,34H,10-11,15-16H2,1-3H3/b23-12-. The molecule has 8 nitrogen and oxygen atoms in total. The van der Waals surface area contributed by atoms with Crippen molar-refractivity contribution in [2.75, 3.05) is 33.9 Å². The van der Waals surface area contributed by atoms with Crippen molar-refractivity contribution in [1.29, 1.82) is 0 Å². The average molecular weight is 490 g/mol. The van der Waals surface area contributed by atoms with Crippen LogP contribution < -0.4 is 4.74 Å². The Labute approximate surface area is 209 Å². The van der Waals surface area contributed by atoms with Crippen molar-refractivity contribution >= 4 is 17.8 Å². The number of guanidine groups is 1. The van der Waals surface area contributed by atoms with Gasteiger partial charge in [-0.2, -0.15) is 0 Å². The van der Waals surface area contributed by atoms with Crippen LogP contribution in [0, 0.1) is 12.7 Å². The number of hydrogen-bond acceptors (Lipinski definition) is 7. The number of carbonyl (C=O) groups excluding carboxylic acids is 1. The van der Waals surface area contributed by atoms with Gasteiger partial charge in [-0.25, -0.2) is 9.37 Å². The van der Waals surface area contributed by atoms with Crippen molar-refractivity contribution in [2.45, 2.75) is 18.9 Å². The van der Waals surface area contributed by atoms with Gasteiger partial charge in [0.2, 0.25) is 5.96 Å². The van der Waals surface area contributed by atoms with Crippen molar-refractivity contribution in [3.05, 3.63) is 83.3 Å². The number of hydrogen-bond donors (Lipinski definition) is 1. The highest BCUT2D eigenvalue weighted by Gasteiger charge is 2.47. The number of benzene rings is 2. The van der Waals surface area contributed by atoms with Crippen LogP contribution in [-0.4, -0.2) is 70.1 Å². The molecule has 0 bridgehead atoms. The van der Waals surface area contributed by atoms with E-state index in [4.69, 9.17) is 9.73 Å². The van der Waals surface area contributed by atoms with E-state index >= 15 is 0 Å². The molecule has 1 aromatic heterocycles. The number of methoxy groups -OCH3 is 1. The molecular formula is C27H28FN5O3. The third kappa shape index (κ3) is 3.95. The largest absolute Gasteiger partial charge is 0.495 e. The molecule has 2 aromatic carbocycles. The number of carbonyl (C=O) groups is 1. The molecule has 0 spiro atoms. The molecule has 9 heteroatoms. The first-order chi connectivity index (χ1) is 17.4. The zero-order chi connectivity index (χ0) is 25.4. The number of Topliss-reactive ketones (excluding diaryl/α,β-unsaturated/α-hetero) is 1. The van der Waals surface area contributed by atoms with E-state index in [2.05, 4.69) is 4.98 Å². The van der Waals surface area contributed by atoms with E-state index < -0.39 is 5.54 Å². The summed E-state index contributed by atoms with van der Waals surface area (Å²) in [5.41, 5.74) is 2.94. The summed E-state index contributed by atoms with van der Waals surface area (Å²) < 4.78 is 21.1. The molecule has 0 aliphatic carbocycles. The molecule has 0 amide bonds. The van der Waals surface area contributed by atoms with Gasteiger partial charge < -0.3 is 24.2 Å². The van der Waals surface area contributed by atoms with E-state index in [1.54, 1.807) is 37.5 Å². The molecule has 3 aromatic rings. The molecule has 3 heterocycles. The van der Waals surface area contributed by atoms with E-state index in [0.717, 1.165) is 22.5 Å². The third-order valence-electron chi connectivity index (χ3n) is 6.93. The maximum absolute atomic E-state index is 13.6. The lowest BCUT2D eigenvalue weighted by Crippen LogP contribution is -2.63. The normalized spacial score (nSPS) is 21.0. The number of aliphatic hydroxyl groups is 1. The maximum atomic E-state index is 13.6. The molecule has 5 rings (SSSR count). The summed E-state index contributed by atoms with van der Waals surface area (Å²) in [5, 5.41) is 10.5. The first-order valence-corrected chi connectivity index (χ1v) is 11.7. The van der Waals surface area contributed by atoms with Gasteiger partial charge in [-0.3, -0.25) is 9.79 Å². The fraction of sp³-hybridized carbons (Fsp3) is 0.296. The zero-order valence-electron chi connectivity index (χ0n) is 20.5. The number of likely N-dealkylation sites (N-methyl/N-ethyl adjacent to an activating group) is 1. The van der Waals surface area contributed by atoms with E-state index in [1.807, 2.05) is 46.9 Å². The second-order valence-corrected chi connectivity index (χ2v) is 9.08. The third-order valence-corrected chi connectivity index (χ3v) is 6.93. The molecule has 0 radical (unpaired) electrons. The van der Waals surface area contributed by atoms with Crippen LogP contribution in [-0.2, 0) is 10.3 Å². The predicted molar refractivity (Wildman–Crippen MR) is 134 cm³/mol. The predicted octanol–water partition coefficient (Wildman–Crippen LogP) is 3.13. The van der Waals surface area contributed by atoms with Gasteiger partial charge in [0.15, 0.2) is 5.78 Å². The Bertz CT molecular complexity index is 1360. The summed E-state index contributed by atoms with van der Waals surface area (Å²) in [4.78, 5) is 26.0. The van der Waals surface area contributed by atoms with E-state index in [-0.39, 0.29) is 24.8 Å². The van der Waals surface area contributed by atoms with Gasteiger partial charge in [-0.15, -0.1) is 0 Å². The average Bonchev–Trinajstić information content (AvgIpc) is 3.32. The highest BCUT2D eigenvalue weighted by molar-refractivity contribution is 6.08. The second-order valence-electron chi connectivity index (χ2n) is 9.08. The number of ketones is 1. The van der Waals surface area contributed by atoms with Crippen LogP contribution in [0.25, 0.3) is 11.8 Å². The van der Waals surface area contributed by atoms with Crippen molar-refractivity contribution in [2.24, 2.45) is 4.99 Å². The van der Waals surface area contributed by atoms with Gasteiger partial charge in [0.1, 0.15) is 11.6 Å². The van der Waals surface area contributed by atoms with Crippen molar-refractivity contribution < 1.29 is 19.0 Å². The van der Waals surface area contributed by atoms with Crippen LogP contribution in [0.3, 0.4) is 0 Å². The Kier molecular flexibility index (Phi) is 6.09. The van der Waals surface area contributed by atoms with Gasteiger partial charge in [-0.1, -0.05) is 18.2 Å². The molecule has 36 heavy (non-hydrogen) atoms. The van der Waals surface area contributed by atoms with E-state index in [9.17, 15) is 14.3 Å². The van der Waals surface area contributed by atoms with Crippen LogP contribution in [0.4, 0.5) is 4.39 Å². The number of fused-ring (bicyclic) bond motifs is 1. The summed E-state index contributed by atoms with van der Waals surface area (Å²) in [6, 6.07) is 11.8. The number of aliphatic hydroxyl groups excluding tert-OH is 1. The number of aryl methyl sites for hydroxylation is 1. The first-order valence-electron chi connectivity index (χ1n) is 11.7. The van der Waals surface area contributed by atoms with Gasteiger partial charge in [0.05, 0.1) is 49.2 Å². The Balaban J connectivity index is 1.49. The van der Waals surface area contributed by atoms with Crippen molar-refractivity contribution in [3.63, 3.8) is 0 Å². The summed E-state index contributed by atoms with van der Waals surface area (Å²) >= 11 is 0. The lowest BCUT2D eigenvalue weighted by molar-refractivity contribution is -0.120. The molecule has 1 unspecified atom stereocenters. The molecule has 186 valence electrons. The van der Waals surface area contributed by atoms with E-state index in [0.29, 0.717) is 30.4 Å². The molecule has 0 saturated carbocycles. The number of aromatic nitrogens is 2. The minimum Gasteiger partial charge on any atom is -0.495 e. The first kappa shape index (κ1) is 23.7. The van der Waals surface area contributed by atoms with Crippen molar-refractivity contribution in [1.82, 2.24) is 19.4 Å². The van der Waals surface area contributed by atoms with Crippen LogP contribution >= 0.6 is 0 Å². The lowest BCUT2D eigenvalue weighted by atomic mass is 9.83. The molecule has 2 aliphatic rings. The fourth-order valence-electron chi connectivity index (χ4n) is 4.98. The highest BCUT2D eigenvalue weighted by Crippen LogP contribution is 2.38. The molecule has 1 N–H and O–H groups in total. The number of aliphatic imine (C=N–C) groups is 1. The Morgan fingerprint density at radius 2 is 2.00 bits per heavy atom. The SMILES string of the molecule is COc1cc(/C=C2/C(=O)CN3C(=NCCC3(CO)c3ccc(F)cc3)N2C)ccc1-n1cnc(C)c1. The molecule has 1 fully saturated rings. The monoisotopic (exact) mass is 489 g/mol. The van der Waals surface area contributed by atoms with E-state index in [1.165, 1.54) is 12.1 Å².